The molecule has 0 radical (unpaired) electrons. The van der Waals surface area contributed by atoms with Crippen molar-refractivity contribution < 1.29 is 0 Å². The molecule has 3 aromatic heterocycles. The van der Waals surface area contributed by atoms with Crippen molar-refractivity contribution in [1.82, 2.24) is 19.7 Å². The molecule has 1 fully saturated rings. The number of rotatable bonds is 6. The summed E-state index contributed by atoms with van der Waals surface area (Å²) in [6.45, 7) is 2.08. The SMILES string of the molecule is Cc1cnc(-c2cnc3[nH]ccc3c2NC2CC(NSC3=CCCC(C#N)=C3)C2)s1. The van der Waals surface area contributed by atoms with Crippen molar-refractivity contribution in [2.24, 2.45) is 0 Å². The maximum atomic E-state index is 9.09. The maximum Gasteiger partial charge on any atom is 0.139 e. The molecule has 2 aliphatic carbocycles. The molecule has 3 aromatic rings. The fraction of sp³-hybridized carbons (Fsp3) is 0.318. The minimum Gasteiger partial charge on any atom is -0.381 e. The third-order valence-electron chi connectivity index (χ3n) is 5.49. The number of allylic oxidation sites excluding steroid dienone is 3. The van der Waals surface area contributed by atoms with Gasteiger partial charge in [-0.15, -0.1) is 11.3 Å². The lowest BCUT2D eigenvalue weighted by Crippen LogP contribution is -2.45. The van der Waals surface area contributed by atoms with Crippen molar-refractivity contribution in [3.8, 4) is 16.6 Å². The van der Waals surface area contributed by atoms with E-state index in [2.05, 4.69) is 50.1 Å². The number of nitrogens with one attached hydrogen (secondary N) is 3. The third-order valence-corrected chi connectivity index (χ3v) is 7.41. The van der Waals surface area contributed by atoms with Crippen molar-refractivity contribution in [2.75, 3.05) is 5.32 Å². The number of H-pyrrole nitrogens is 1. The molecule has 0 atom stereocenters. The Bertz CT molecular complexity index is 1180. The van der Waals surface area contributed by atoms with E-state index < -0.39 is 0 Å². The largest absolute Gasteiger partial charge is 0.381 e. The molecule has 5 rings (SSSR count). The van der Waals surface area contributed by atoms with Crippen LogP contribution in [0.25, 0.3) is 21.6 Å². The zero-order valence-corrected chi connectivity index (χ0v) is 18.2. The van der Waals surface area contributed by atoms with Crippen molar-refractivity contribution in [2.45, 2.75) is 44.7 Å². The molecule has 2 aliphatic rings. The van der Waals surface area contributed by atoms with E-state index in [1.165, 1.54) is 4.88 Å². The fourth-order valence-electron chi connectivity index (χ4n) is 3.82. The second kappa shape index (κ2) is 8.26. The van der Waals surface area contributed by atoms with E-state index in [0.29, 0.717) is 12.1 Å². The summed E-state index contributed by atoms with van der Waals surface area (Å²) in [5, 5.41) is 14.9. The van der Waals surface area contributed by atoms with E-state index in [4.69, 9.17) is 5.26 Å². The first-order valence-corrected chi connectivity index (χ1v) is 11.7. The number of pyridine rings is 1. The van der Waals surface area contributed by atoms with Crippen LogP contribution in [0.5, 0.6) is 0 Å². The van der Waals surface area contributed by atoms with E-state index in [1.54, 1.807) is 23.3 Å². The molecule has 0 spiro atoms. The fourth-order valence-corrected chi connectivity index (χ4v) is 5.50. The minimum absolute atomic E-state index is 0.411. The number of aromatic amines is 1. The lowest BCUT2D eigenvalue weighted by molar-refractivity contribution is 0.355. The minimum atomic E-state index is 0.411. The molecular weight excluding hydrogens is 412 g/mol. The Morgan fingerprint density at radius 3 is 2.97 bits per heavy atom. The molecule has 152 valence electrons. The first kappa shape index (κ1) is 19.4. The molecule has 0 aromatic carbocycles. The monoisotopic (exact) mass is 434 g/mol. The van der Waals surface area contributed by atoms with Gasteiger partial charge in [0.25, 0.3) is 0 Å². The number of nitriles is 1. The summed E-state index contributed by atoms with van der Waals surface area (Å²) in [4.78, 5) is 14.7. The Hall–Kier alpha value is -2.60. The van der Waals surface area contributed by atoms with Crippen molar-refractivity contribution in [3.05, 3.63) is 52.2 Å². The summed E-state index contributed by atoms with van der Waals surface area (Å²) in [5.74, 6) is 0. The van der Waals surface area contributed by atoms with Crippen molar-refractivity contribution >= 4 is 40.0 Å². The molecular formula is C22H22N6S2. The quantitative estimate of drug-likeness (QED) is 0.456. The summed E-state index contributed by atoms with van der Waals surface area (Å²) in [5.41, 5.74) is 3.94. The Morgan fingerprint density at radius 2 is 2.17 bits per heavy atom. The molecule has 3 N–H and O–H groups in total. The number of anilines is 1. The normalized spacial score (nSPS) is 20.9. The smallest absolute Gasteiger partial charge is 0.139 e. The second-order valence-electron chi connectivity index (χ2n) is 7.72. The average Bonchev–Trinajstić information content (AvgIpc) is 3.38. The first-order chi connectivity index (χ1) is 14.7. The molecule has 0 aliphatic heterocycles. The van der Waals surface area contributed by atoms with E-state index in [0.717, 1.165) is 63.5 Å². The Labute approximate surface area is 183 Å². The second-order valence-corrected chi connectivity index (χ2v) is 9.86. The van der Waals surface area contributed by atoms with Crippen LogP contribution in [0, 0.1) is 18.3 Å². The van der Waals surface area contributed by atoms with Gasteiger partial charge in [-0.1, -0.05) is 6.08 Å². The number of thiazole rings is 1. The highest BCUT2D eigenvalue weighted by molar-refractivity contribution is 8.01. The van der Waals surface area contributed by atoms with Crippen LogP contribution < -0.4 is 10.0 Å². The molecule has 0 unspecified atom stereocenters. The van der Waals surface area contributed by atoms with Crippen LogP contribution in [0.3, 0.4) is 0 Å². The maximum absolute atomic E-state index is 9.09. The molecule has 30 heavy (non-hydrogen) atoms. The molecule has 8 heteroatoms. The topological polar surface area (TPSA) is 89.4 Å². The van der Waals surface area contributed by atoms with Crippen LogP contribution in [0.2, 0.25) is 0 Å². The lowest BCUT2D eigenvalue weighted by Gasteiger charge is -2.37. The summed E-state index contributed by atoms with van der Waals surface area (Å²) in [7, 11) is 0. The zero-order valence-electron chi connectivity index (χ0n) is 16.6. The summed E-state index contributed by atoms with van der Waals surface area (Å²) in [6.07, 6.45) is 13.9. The van der Waals surface area contributed by atoms with Gasteiger partial charge in [0.15, 0.2) is 0 Å². The van der Waals surface area contributed by atoms with Gasteiger partial charge in [-0.3, -0.25) is 4.72 Å². The average molecular weight is 435 g/mol. The van der Waals surface area contributed by atoms with Crippen LogP contribution in [0.1, 0.15) is 30.6 Å². The van der Waals surface area contributed by atoms with Crippen molar-refractivity contribution in [3.63, 3.8) is 0 Å². The van der Waals surface area contributed by atoms with Gasteiger partial charge in [-0.2, -0.15) is 5.26 Å². The van der Waals surface area contributed by atoms with Crippen LogP contribution >= 0.6 is 23.3 Å². The highest BCUT2D eigenvalue weighted by Gasteiger charge is 2.30. The van der Waals surface area contributed by atoms with Crippen LogP contribution in [-0.4, -0.2) is 27.0 Å². The van der Waals surface area contributed by atoms with Gasteiger partial charge in [0.05, 0.1) is 17.3 Å². The van der Waals surface area contributed by atoms with Gasteiger partial charge in [0.1, 0.15) is 10.7 Å². The number of aryl methyl sites for hydroxylation is 1. The molecule has 1 saturated carbocycles. The number of aromatic nitrogens is 3. The molecule has 0 bridgehead atoms. The van der Waals surface area contributed by atoms with E-state index in [9.17, 15) is 0 Å². The third kappa shape index (κ3) is 3.88. The molecule has 0 saturated heterocycles. The number of fused-ring (bicyclic) bond motifs is 1. The Kier molecular flexibility index (Phi) is 5.34. The van der Waals surface area contributed by atoms with E-state index in [-0.39, 0.29) is 0 Å². The molecule has 0 amide bonds. The van der Waals surface area contributed by atoms with Crippen LogP contribution in [-0.2, 0) is 0 Å². The Morgan fingerprint density at radius 1 is 1.27 bits per heavy atom. The number of hydrogen-bond acceptors (Lipinski definition) is 7. The highest BCUT2D eigenvalue weighted by atomic mass is 32.2. The summed E-state index contributed by atoms with van der Waals surface area (Å²) in [6, 6.07) is 5.22. The van der Waals surface area contributed by atoms with Gasteiger partial charge in [0, 0.05) is 51.4 Å². The van der Waals surface area contributed by atoms with Crippen LogP contribution in [0.4, 0.5) is 5.69 Å². The summed E-state index contributed by atoms with van der Waals surface area (Å²) < 4.78 is 3.56. The highest BCUT2D eigenvalue weighted by Crippen LogP contribution is 2.38. The van der Waals surface area contributed by atoms with Gasteiger partial charge >= 0.3 is 0 Å². The van der Waals surface area contributed by atoms with E-state index in [1.807, 2.05) is 24.7 Å². The standard InChI is InChI=1S/C22H22N6S2/c1-13-11-26-22(29-13)19-12-25-21-18(5-6-24-21)20(19)27-15-8-16(9-15)28-30-17-4-2-3-14(7-17)10-23/h4-7,11-12,15-16,28H,2-3,8-9H2,1H3,(H2,24,25,27). The van der Waals surface area contributed by atoms with Gasteiger partial charge in [-0.05, 0) is 56.7 Å². The number of hydrogen-bond donors (Lipinski definition) is 3. The zero-order chi connectivity index (χ0) is 20.5. The summed E-state index contributed by atoms with van der Waals surface area (Å²) >= 11 is 3.34. The van der Waals surface area contributed by atoms with E-state index >= 15 is 0 Å². The van der Waals surface area contributed by atoms with Crippen LogP contribution in [0.15, 0.2) is 47.3 Å². The van der Waals surface area contributed by atoms with Crippen molar-refractivity contribution in [1.29, 1.82) is 5.26 Å². The van der Waals surface area contributed by atoms with Gasteiger partial charge < -0.3 is 10.3 Å². The number of nitrogens with zero attached hydrogens (tertiary/aromatic N) is 3. The molecule has 6 nitrogen and oxygen atoms in total. The Balaban J connectivity index is 1.25. The predicted octanol–water partition coefficient (Wildman–Crippen LogP) is 5.30. The van der Waals surface area contributed by atoms with Gasteiger partial charge in [-0.25, -0.2) is 9.97 Å². The molecule has 3 heterocycles. The lowest BCUT2D eigenvalue weighted by atomic mass is 9.87. The first-order valence-electron chi connectivity index (χ1n) is 10.1. The predicted molar refractivity (Wildman–Crippen MR) is 124 cm³/mol. The van der Waals surface area contributed by atoms with Gasteiger partial charge in [0.2, 0.25) is 0 Å².